The average molecular weight is 229 g/mol. The molecule has 90 valence electrons. The molecule has 0 unspecified atom stereocenters. The summed E-state index contributed by atoms with van der Waals surface area (Å²) in [5.41, 5.74) is 6.25. The maximum atomic E-state index is 12.8. The number of halogens is 2. The molecule has 0 spiro atoms. The van der Waals surface area contributed by atoms with Crippen molar-refractivity contribution in [1.29, 1.82) is 0 Å². The first-order chi connectivity index (χ1) is 7.39. The van der Waals surface area contributed by atoms with E-state index in [1.165, 1.54) is 4.68 Å². The monoisotopic (exact) mass is 229 g/mol. The van der Waals surface area contributed by atoms with Crippen LogP contribution in [0.1, 0.15) is 37.4 Å². The number of hydrogen-bond acceptors (Lipinski definition) is 2. The highest BCUT2D eigenvalue weighted by Gasteiger charge is 2.58. The number of alkyl halides is 2. The minimum Gasteiger partial charge on any atom is -0.330 e. The molecule has 0 bridgehead atoms. The normalized spacial score (nSPS) is 27.4. The van der Waals surface area contributed by atoms with Crippen LogP contribution >= 0.6 is 0 Å². The lowest BCUT2D eigenvalue weighted by molar-refractivity contribution is 0.144. The van der Waals surface area contributed by atoms with Gasteiger partial charge >= 0.3 is 0 Å². The average Bonchev–Trinajstić information content (AvgIpc) is 2.52. The molecule has 3 nitrogen and oxygen atoms in total. The van der Waals surface area contributed by atoms with Gasteiger partial charge < -0.3 is 5.73 Å². The summed E-state index contributed by atoms with van der Waals surface area (Å²) in [4.78, 5) is 0. The van der Waals surface area contributed by atoms with Crippen LogP contribution in [-0.4, -0.2) is 16.3 Å². The van der Waals surface area contributed by atoms with E-state index in [0.717, 1.165) is 0 Å². The summed E-state index contributed by atoms with van der Waals surface area (Å²) in [6, 6.07) is 0. The molecule has 2 rings (SSSR count). The Hall–Kier alpha value is -0.970. The maximum Gasteiger partial charge on any atom is 0.282 e. The highest BCUT2D eigenvalue weighted by molar-refractivity contribution is 5.34. The zero-order valence-electron chi connectivity index (χ0n) is 9.74. The molecule has 1 aliphatic carbocycles. The van der Waals surface area contributed by atoms with Gasteiger partial charge in [-0.25, -0.2) is 8.78 Å². The fourth-order valence-corrected chi connectivity index (χ4v) is 2.73. The molecule has 0 amide bonds. The van der Waals surface area contributed by atoms with Gasteiger partial charge in [-0.15, -0.1) is 0 Å². The summed E-state index contributed by atoms with van der Waals surface area (Å²) < 4.78 is 27.1. The first-order valence-electron chi connectivity index (χ1n) is 5.41. The largest absolute Gasteiger partial charge is 0.330 e. The third-order valence-electron chi connectivity index (χ3n) is 3.73. The number of rotatable bonds is 3. The Balaban J connectivity index is 2.35. The first kappa shape index (κ1) is 11.5. The molecule has 5 heteroatoms. The lowest BCUT2D eigenvalue weighted by Gasteiger charge is -2.02. The van der Waals surface area contributed by atoms with Gasteiger partial charge in [0, 0.05) is 18.8 Å². The van der Waals surface area contributed by atoms with Crippen LogP contribution in [0, 0.1) is 11.3 Å². The van der Waals surface area contributed by atoms with E-state index in [-0.39, 0.29) is 22.9 Å². The SMILES string of the molecule is Cn1cc([C@H]2[C@H](CN)C2(C)C)c(C(F)F)n1. The Labute approximate surface area is 93.6 Å². The second-order valence-electron chi connectivity index (χ2n) is 5.09. The molecule has 0 radical (unpaired) electrons. The zero-order chi connectivity index (χ0) is 12.1. The fraction of sp³-hybridized carbons (Fsp3) is 0.727. The Morgan fingerprint density at radius 1 is 1.56 bits per heavy atom. The van der Waals surface area contributed by atoms with E-state index in [1.54, 1.807) is 13.2 Å². The van der Waals surface area contributed by atoms with E-state index in [1.807, 2.05) is 0 Å². The number of aryl methyl sites for hydroxylation is 1. The topological polar surface area (TPSA) is 43.8 Å². The van der Waals surface area contributed by atoms with Crippen LogP contribution in [0.4, 0.5) is 8.78 Å². The molecule has 1 aromatic rings. The van der Waals surface area contributed by atoms with Crippen LogP contribution < -0.4 is 5.73 Å². The predicted molar refractivity (Wildman–Crippen MR) is 57.2 cm³/mol. The molecule has 0 saturated heterocycles. The van der Waals surface area contributed by atoms with Gasteiger partial charge in [-0.3, -0.25) is 4.68 Å². The van der Waals surface area contributed by atoms with Crippen LogP contribution in [0.2, 0.25) is 0 Å². The van der Waals surface area contributed by atoms with E-state index in [9.17, 15) is 8.78 Å². The lowest BCUT2D eigenvalue weighted by atomic mass is 10.0. The molecule has 2 N–H and O–H groups in total. The summed E-state index contributed by atoms with van der Waals surface area (Å²) in [6.45, 7) is 4.67. The first-order valence-corrected chi connectivity index (χ1v) is 5.41. The molecule has 1 aromatic heterocycles. The van der Waals surface area contributed by atoms with Gasteiger partial charge in [0.1, 0.15) is 5.69 Å². The second kappa shape index (κ2) is 3.52. The van der Waals surface area contributed by atoms with Crippen LogP contribution in [0.5, 0.6) is 0 Å². The third-order valence-corrected chi connectivity index (χ3v) is 3.73. The van der Waals surface area contributed by atoms with Crippen LogP contribution in [-0.2, 0) is 7.05 Å². The lowest BCUT2D eigenvalue weighted by Crippen LogP contribution is -2.05. The Bertz CT molecular complexity index is 398. The number of hydrogen-bond donors (Lipinski definition) is 1. The minimum absolute atomic E-state index is 0.0153. The third kappa shape index (κ3) is 1.54. The van der Waals surface area contributed by atoms with Crippen molar-refractivity contribution < 1.29 is 8.78 Å². The van der Waals surface area contributed by atoms with Crippen LogP contribution in [0.3, 0.4) is 0 Å². The quantitative estimate of drug-likeness (QED) is 0.862. The molecule has 0 aliphatic heterocycles. The van der Waals surface area contributed by atoms with Gasteiger partial charge in [-0.1, -0.05) is 13.8 Å². The van der Waals surface area contributed by atoms with Crippen LogP contribution in [0.25, 0.3) is 0 Å². The summed E-state index contributed by atoms with van der Waals surface area (Å²) in [5.74, 6) is 0.407. The molecule has 1 aliphatic rings. The number of aromatic nitrogens is 2. The highest BCUT2D eigenvalue weighted by Crippen LogP contribution is 2.64. The molecule has 1 fully saturated rings. The smallest absolute Gasteiger partial charge is 0.282 e. The van der Waals surface area contributed by atoms with Gasteiger partial charge in [0.05, 0.1) is 0 Å². The highest BCUT2D eigenvalue weighted by atomic mass is 19.3. The van der Waals surface area contributed by atoms with E-state index in [2.05, 4.69) is 18.9 Å². The second-order valence-corrected chi connectivity index (χ2v) is 5.09. The Kier molecular flexibility index (Phi) is 2.53. The van der Waals surface area contributed by atoms with Gasteiger partial charge in [0.15, 0.2) is 0 Å². The molecule has 1 saturated carbocycles. The van der Waals surface area contributed by atoms with Gasteiger partial charge in [-0.05, 0) is 23.8 Å². The van der Waals surface area contributed by atoms with E-state index < -0.39 is 6.43 Å². The van der Waals surface area contributed by atoms with Crippen molar-refractivity contribution in [3.63, 3.8) is 0 Å². The van der Waals surface area contributed by atoms with Crippen molar-refractivity contribution in [3.05, 3.63) is 17.5 Å². The van der Waals surface area contributed by atoms with Gasteiger partial charge in [0.2, 0.25) is 0 Å². The molecular formula is C11H17F2N3. The molecule has 2 atom stereocenters. The molecular weight excluding hydrogens is 212 g/mol. The summed E-state index contributed by atoms with van der Waals surface area (Å²) in [6.07, 6.45) is -0.810. The molecule has 1 heterocycles. The number of nitrogens with two attached hydrogens (primary N) is 1. The summed E-state index contributed by atoms with van der Waals surface area (Å²) >= 11 is 0. The van der Waals surface area contributed by atoms with E-state index in [0.29, 0.717) is 12.1 Å². The van der Waals surface area contributed by atoms with E-state index >= 15 is 0 Å². The standard InChI is InChI=1S/C11H17F2N3/c1-11(2)7(4-14)8(11)6-5-16(3)15-9(6)10(12)13/h5,7-8,10H,4,14H2,1-3H3/t7-,8-/m0/s1. The predicted octanol–water partition coefficient (Wildman–Crippen LogP) is 2.06. The summed E-state index contributed by atoms with van der Waals surface area (Å²) in [7, 11) is 1.67. The van der Waals surface area contributed by atoms with Crippen molar-refractivity contribution in [1.82, 2.24) is 9.78 Å². The Morgan fingerprint density at radius 3 is 2.62 bits per heavy atom. The van der Waals surface area contributed by atoms with E-state index in [4.69, 9.17) is 5.73 Å². The summed E-state index contributed by atoms with van der Waals surface area (Å²) in [5, 5.41) is 3.83. The maximum absolute atomic E-state index is 12.8. The molecule has 16 heavy (non-hydrogen) atoms. The number of nitrogens with zero attached hydrogens (tertiary/aromatic N) is 2. The Morgan fingerprint density at radius 2 is 2.19 bits per heavy atom. The van der Waals surface area contributed by atoms with Gasteiger partial charge in [-0.2, -0.15) is 5.10 Å². The van der Waals surface area contributed by atoms with Crippen molar-refractivity contribution in [2.45, 2.75) is 26.2 Å². The molecule has 0 aromatic carbocycles. The van der Waals surface area contributed by atoms with Crippen molar-refractivity contribution in [2.75, 3.05) is 6.54 Å². The van der Waals surface area contributed by atoms with Crippen LogP contribution in [0.15, 0.2) is 6.20 Å². The fourth-order valence-electron chi connectivity index (χ4n) is 2.73. The van der Waals surface area contributed by atoms with Crippen molar-refractivity contribution in [3.8, 4) is 0 Å². The zero-order valence-corrected chi connectivity index (χ0v) is 9.74. The van der Waals surface area contributed by atoms with Crippen molar-refractivity contribution in [2.24, 2.45) is 24.1 Å². The van der Waals surface area contributed by atoms with Gasteiger partial charge in [0.25, 0.3) is 6.43 Å². The minimum atomic E-state index is -2.51. The van der Waals surface area contributed by atoms with Crippen molar-refractivity contribution >= 4 is 0 Å².